The minimum absolute atomic E-state index is 0.0137. The lowest BCUT2D eigenvalue weighted by Crippen LogP contribution is -2.45. The second-order valence-corrected chi connectivity index (χ2v) is 9.65. The molecule has 5 heteroatoms. The van der Waals surface area contributed by atoms with Crippen molar-refractivity contribution >= 4 is 17.4 Å². The standard InChI is InChI=1S/C30H33N3O2/c1-4-5-10-23-24(20-13-8-9-18(2)19(20)3)25-21-11-6-7-12-22(21)29(34)27(25)28(26(23)30(31)35)33-16-14-32-15-17-33/h6-9,11-13,32H,4-5,10,14-17H2,1-3H3,(H2,31,35). The van der Waals surface area contributed by atoms with Crippen molar-refractivity contribution < 1.29 is 9.59 Å². The molecule has 5 rings (SSSR count). The molecule has 1 fully saturated rings. The van der Waals surface area contributed by atoms with Gasteiger partial charge >= 0.3 is 0 Å². The van der Waals surface area contributed by atoms with Gasteiger partial charge in [-0.2, -0.15) is 0 Å². The summed E-state index contributed by atoms with van der Waals surface area (Å²) in [5, 5.41) is 3.39. The molecule has 0 saturated carbocycles. The van der Waals surface area contributed by atoms with Crippen LogP contribution in [0.25, 0.3) is 22.3 Å². The molecule has 0 unspecified atom stereocenters. The normalized spacial score (nSPS) is 14.7. The zero-order chi connectivity index (χ0) is 24.7. The Morgan fingerprint density at radius 1 is 0.943 bits per heavy atom. The predicted octanol–water partition coefficient (Wildman–Crippen LogP) is 5.03. The molecule has 5 nitrogen and oxygen atoms in total. The Labute approximate surface area is 207 Å². The Bertz CT molecular complexity index is 1340. The first-order valence-electron chi connectivity index (χ1n) is 12.6. The van der Waals surface area contributed by atoms with Crippen molar-refractivity contribution in [1.29, 1.82) is 0 Å². The highest BCUT2D eigenvalue weighted by molar-refractivity contribution is 6.29. The summed E-state index contributed by atoms with van der Waals surface area (Å²) in [6.07, 6.45) is 2.67. The van der Waals surface area contributed by atoms with Gasteiger partial charge in [0.2, 0.25) is 0 Å². The van der Waals surface area contributed by atoms with Gasteiger partial charge in [0.1, 0.15) is 0 Å². The Morgan fingerprint density at radius 3 is 2.31 bits per heavy atom. The van der Waals surface area contributed by atoms with Gasteiger partial charge in [0.15, 0.2) is 5.78 Å². The lowest BCUT2D eigenvalue weighted by atomic mass is 9.81. The van der Waals surface area contributed by atoms with Crippen molar-refractivity contribution in [3.63, 3.8) is 0 Å². The van der Waals surface area contributed by atoms with E-state index in [2.05, 4.69) is 49.2 Å². The number of piperazine rings is 1. The number of fused-ring (bicyclic) bond motifs is 3. The number of nitrogens with two attached hydrogens (primary N) is 1. The number of hydrogen-bond acceptors (Lipinski definition) is 4. The molecule has 1 aliphatic heterocycles. The van der Waals surface area contributed by atoms with E-state index in [1.807, 2.05) is 24.3 Å². The maximum atomic E-state index is 14.0. The van der Waals surface area contributed by atoms with Crippen molar-refractivity contribution in [3.8, 4) is 22.3 Å². The maximum Gasteiger partial charge on any atom is 0.251 e. The lowest BCUT2D eigenvalue weighted by molar-refractivity contribution is 0.0999. The molecule has 0 aromatic heterocycles. The van der Waals surface area contributed by atoms with E-state index in [4.69, 9.17) is 5.73 Å². The Hall–Kier alpha value is -3.44. The van der Waals surface area contributed by atoms with E-state index in [0.717, 1.165) is 84.5 Å². The number of nitrogens with one attached hydrogen (secondary N) is 1. The SMILES string of the molecule is CCCCc1c(C(N)=O)c(N2CCNCC2)c2c(c1-c1cccc(C)c1C)-c1ccccc1C2=O. The molecule has 1 saturated heterocycles. The number of nitrogens with zero attached hydrogens (tertiary/aromatic N) is 1. The van der Waals surface area contributed by atoms with Crippen LogP contribution in [-0.2, 0) is 6.42 Å². The second-order valence-electron chi connectivity index (χ2n) is 9.65. The summed E-state index contributed by atoms with van der Waals surface area (Å²) in [7, 11) is 0. The fourth-order valence-corrected chi connectivity index (χ4v) is 5.70. The monoisotopic (exact) mass is 467 g/mol. The highest BCUT2D eigenvalue weighted by Crippen LogP contribution is 2.51. The van der Waals surface area contributed by atoms with Crippen molar-refractivity contribution in [3.05, 3.63) is 75.8 Å². The van der Waals surface area contributed by atoms with Crippen molar-refractivity contribution in [2.24, 2.45) is 5.73 Å². The van der Waals surface area contributed by atoms with Gasteiger partial charge in [-0.05, 0) is 60.1 Å². The van der Waals surface area contributed by atoms with Gasteiger partial charge in [-0.15, -0.1) is 0 Å². The summed E-state index contributed by atoms with van der Waals surface area (Å²) in [6, 6.07) is 14.1. The van der Waals surface area contributed by atoms with Gasteiger partial charge in [-0.1, -0.05) is 55.8 Å². The molecule has 0 bridgehead atoms. The highest BCUT2D eigenvalue weighted by Gasteiger charge is 2.38. The number of hydrogen-bond donors (Lipinski definition) is 2. The van der Waals surface area contributed by atoms with E-state index in [0.29, 0.717) is 16.7 Å². The number of amides is 1. The van der Waals surface area contributed by atoms with Gasteiger partial charge < -0.3 is 16.0 Å². The molecule has 0 radical (unpaired) electrons. The molecule has 35 heavy (non-hydrogen) atoms. The van der Waals surface area contributed by atoms with E-state index in [1.54, 1.807) is 0 Å². The molecule has 2 aliphatic rings. The molecule has 1 aliphatic carbocycles. The molecular weight excluding hydrogens is 434 g/mol. The topological polar surface area (TPSA) is 75.4 Å². The van der Waals surface area contributed by atoms with E-state index in [9.17, 15) is 9.59 Å². The third-order valence-corrected chi connectivity index (χ3v) is 7.58. The zero-order valence-electron chi connectivity index (χ0n) is 20.8. The Balaban J connectivity index is 1.97. The second kappa shape index (κ2) is 9.31. The van der Waals surface area contributed by atoms with Crippen LogP contribution < -0.4 is 16.0 Å². The maximum absolute atomic E-state index is 14.0. The Morgan fingerprint density at radius 2 is 1.63 bits per heavy atom. The summed E-state index contributed by atoms with van der Waals surface area (Å²) in [5.41, 5.74) is 16.1. The number of carbonyl (C=O) groups excluding carboxylic acids is 2. The van der Waals surface area contributed by atoms with Gasteiger partial charge in [0, 0.05) is 37.3 Å². The fraction of sp³-hybridized carbons (Fsp3) is 0.333. The van der Waals surface area contributed by atoms with Crippen molar-refractivity contribution in [2.45, 2.75) is 40.0 Å². The number of carbonyl (C=O) groups is 2. The molecule has 3 aromatic carbocycles. The molecule has 180 valence electrons. The quantitative estimate of drug-likeness (QED) is 0.417. The first-order valence-corrected chi connectivity index (χ1v) is 12.6. The summed E-state index contributed by atoms with van der Waals surface area (Å²) in [6.45, 7) is 9.45. The van der Waals surface area contributed by atoms with E-state index in [1.165, 1.54) is 5.56 Å². The third-order valence-electron chi connectivity index (χ3n) is 7.58. The van der Waals surface area contributed by atoms with Gasteiger partial charge in [0.05, 0.1) is 16.8 Å². The first kappa shape index (κ1) is 23.3. The van der Waals surface area contributed by atoms with Gasteiger partial charge in [-0.3, -0.25) is 9.59 Å². The van der Waals surface area contributed by atoms with Crippen molar-refractivity contribution in [2.75, 3.05) is 31.1 Å². The minimum Gasteiger partial charge on any atom is -0.368 e. The van der Waals surface area contributed by atoms with Crippen LogP contribution in [0.4, 0.5) is 5.69 Å². The van der Waals surface area contributed by atoms with E-state index in [-0.39, 0.29) is 5.78 Å². The minimum atomic E-state index is -0.456. The molecular formula is C30H33N3O2. The number of aryl methyl sites for hydroxylation is 1. The van der Waals surface area contributed by atoms with Crippen LogP contribution >= 0.6 is 0 Å². The molecule has 3 N–H and O–H groups in total. The Kier molecular flexibility index (Phi) is 6.20. The molecule has 3 aromatic rings. The summed E-state index contributed by atoms with van der Waals surface area (Å²) < 4.78 is 0. The average Bonchev–Trinajstić information content (AvgIpc) is 3.16. The number of primary amides is 1. The number of unbranched alkanes of at least 4 members (excludes halogenated alkanes) is 1. The van der Waals surface area contributed by atoms with Gasteiger partial charge in [-0.25, -0.2) is 0 Å². The van der Waals surface area contributed by atoms with Crippen LogP contribution in [0.2, 0.25) is 0 Å². The summed E-state index contributed by atoms with van der Waals surface area (Å²) >= 11 is 0. The average molecular weight is 468 g/mol. The van der Waals surface area contributed by atoms with Crippen LogP contribution in [0.1, 0.15) is 62.7 Å². The smallest absolute Gasteiger partial charge is 0.251 e. The van der Waals surface area contributed by atoms with Crippen LogP contribution in [-0.4, -0.2) is 37.9 Å². The molecule has 1 heterocycles. The van der Waals surface area contributed by atoms with Gasteiger partial charge in [0.25, 0.3) is 5.91 Å². The zero-order valence-corrected chi connectivity index (χ0v) is 20.8. The van der Waals surface area contributed by atoms with Crippen LogP contribution in [0, 0.1) is 13.8 Å². The third kappa shape index (κ3) is 3.75. The largest absolute Gasteiger partial charge is 0.368 e. The summed E-state index contributed by atoms with van der Waals surface area (Å²) in [4.78, 5) is 29.4. The van der Waals surface area contributed by atoms with E-state index < -0.39 is 5.91 Å². The predicted molar refractivity (Wildman–Crippen MR) is 142 cm³/mol. The number of ketones is 1. The lowest BCUT2D eigenvalue weighted by Gasteiger charge is -2.34. The highest BCUT2D eigenvalue weighted by atomic mass is 16.1. The van der Waals surface area contributed by atoms with E-state index >= 15 is 0 Å². The fourth-order valence-electron chi connectivity index (χ4n) is 5.70. The first-order chi connectivity index (χ1) is 17.0. The number of anilines is 1. The van der Waals surface area contributed by atoms with Crippen LogP contribution in [0.15, 0.2) is 42.5 Å². The summed E-state index contributed by atoms with van der Waals surface area (Å²) in [5.74, 6) is -0.469. The molecule has 0 atom stereocenters. The van der Waals surface area contributed by atoms with Crippen LogP contribution in [0.5, 0.6) is 0 Å². The van der Waals surface area contributed by atoms with Crippen molar-refractivity contribution in [1.82, 2.24) is 5.32 Å². The van der Waals surface area contributed by atoms with Crippen LogP contribution in [0.3, 0.4) is 0 Å². The molecule has 0 spiro atoms. The number of benzene rings is 3. The number of rotatable bonds is 6. The molecule has 1 amide bonds.